The monoisotopic (exact) mass is 1400 g/mol. The third-order valence-electron chi connectivity index (χ3n) is 20.6. The first-order chi connectivity index (χ1) is 51.1. The number of nitrogens with two attached hydrogens (primary N) is 3. The van der Waals surface area contributed by atoms with Crippen LogP contribution in [0.5, 0.6) is 0 Å². The lowest BCUT2D eigenvalue weighted by atomic mass is 9.81. The Labute approximate surface area is 610 Å². The maximum Gasteiger partial charge on any atom is 0.261 e. The van der Waals surface area contributed by atoms with E-state index >= 15 is 0 Å². The van der Waals surface area contributed by atoms with Crippen molar-refractivity contribution in [3.63, 3.8) is 0 Å². The van der Waals surface area contributed by atoms with Crippen LogP contribution in [0.15, 0.2) is 237 Å². The molecule has 10 heterocycles. The minimum atomic E-state index is -0.180. The molecule has 16 aromatic rings. The highest BCUT2D eigenvalue weighted by atomic mass is 35.5. The molecule has 0 spiro atoms. The highest BCUT2D eigenvalue weighted by Gasteiger charge is 2.38. The standard InChI is InChI=1S/C36H30N6O2.C25H20ClN5.C25H23N5/c37-33-32-31(26-15-14-24-16-17-29(39-30(24)20-26)23-6-2-1-3-7-23)40-34(41(32)19-18-38-33)25-12-10-22(11-13-25)21-42-35(43)27-8-4-5-9-28(27)36(42)44;26-19-13-17-9-10-20(15-5-2-1-3-6-15)29-21(17)14-18(19)22-23-24(27)28-11-12-31(23)25(30-22)16-7-4-8-16;1-25(2,3)24-29-21(22-23(26)27-13-14-30(22)24)18-10-9-17-11-12-19(28-20(17)15-18)16-7-5-4-6-8-16/h1-9,14-20,22,25H,10-13,21H2,(H2,37,38);1-3,5-6,9-14,16H,4,7-8H2,(H2,27,28);4-15H,1-3H3,(H2,26,27). The molecule has 2 amide bonds. The molecule has 9 aromatic heterocycles. The fourth-order valence-corrected chi connectivity index (χ4v) is 15.3. The van der Waals surface area contributed by atoms with Gasteiger partial charge in [-0.2, -0.15) is 0 Å². The van der Waals surface area contributed by atoms with Crippen LogP contribution in [0.25, 0.3) is 117 Å². The Bertz CT molecular complexity index is 6020. The first-order valence-electron chi connectivity index (χ1n) is 35.6. The van der Waals surface area contributed by atoms with E-state index in [0.717, 1.165) is 173 Å². The van der Waals surface area contributed by atoms with Gasteiger partial charge < -0.3 is 17.2 Å². The second-order valence-corrected chi connectivity index (χ2v) is 28.8. The molecule has 7 aromatic carbocycles. The van der Waals surface area contributed by atoms with E-state index in [0.29, 0.717) is 46.1 Å². The Kier molecular flexibility index (Phi) is 16.9. The van der Waals surface area contributed by atoms with Crippen molar-refractivity contribution >= 4 is 90.1 Å². The summed E-state index contributed by atoms with van der Waals surface area (Å²) in [6.07, 6.45) is 18.1. The minimum Gasteiger partial charge on any atom is -0.382 e. The normalized spacial score (nSPS) is 15.3. The van der Waals surface area contributed by atoms with Crippen molar-refractivity contribution in [2.24, 2.45) is 5.92 Å². The molecule has 19 rings (SSSR count). The van der Waals surface area contributed by atoms with Gasteiger partial charge in [0.05, 0.1) is 49.8 Å². The first kappa shape index (κ1) is 65.7. The Hall–Kier alpha value is -12.5. The van der Waals surface area contributed by atoms with Gasteiger partial charge in [0.15, 0.2) is 0 Å². The number of imidazole rings is 3. The van der Waals surface area contributed by atoms with E-state index in [4.69, 9.17) is 58.7 Å². The average Bonchev–Trinajstić information content (AvgIpc) is 1.62. The van der Waals surface area contributed by atoms with E-state index < -0.39 is 0 Å². The number of hydrogen-bond donors (Lipinski definition) is 3. The molecule has 516 valence electrons. The van der Waals surface area contributed by atoms with Gasteiger partial charge in [-0.15, -0.1) is 0 Å². The van der Waals surface area contributed by atoms with E-state index in [-0.39, 0.29) is 29.1 Å². The molecular weight excluding hydrogens is 1320 g/mol. The van der Waals surface area contributed by atoms with Crippen LogP contribution in [0.2, 0.25) is 5.02 Å². The van der Waals surface area contributed by atoms with E-state index in [1.165, 1.54) is 11.3 Å². The van der Waals surface area contributed by atoms with Crippen molar-refractivity contribution in [1.82, 2.24) is 63.0 Å². The zero-order valence-corrected chi connectivity index (χ0v) is 58.9. The second-order valence-electron chi connectivity index (χ2n) is 28.4. The number of imide groups is 1. The van der Waals surface area contributed by atoms with Crippen molar-refractivity contribution in [3.8, 4) is 67.5 Å². The maximum atomic E-state index is 12.9. The summed E-state index contributed by atoms with van der Waals surface area (Å²) < 4.78 is 6.22. The van der Waals surface area contributed by atoms with E-state index in [9.17, 15) is 9.59 Å². The molecule has 6 N–H and O–H groups in total. The first-order valence-corrected chi connectivity index (χ1v) is 36.0. The van der Waals surface area contributed by atoms with E-state index in [2.05, 4.69) is 146 Å². The smallest absolute Gasteiger partial charge is 0.261 e. The SMILES string of the molecule is CC(C)(C)c1nc(-c2ccc3ccc(-c4ccccc4)nc3c2)c2c(N)nccn12.Nc1nccn2c(C3CCC(CN4C(=O)c5ccccc5C4=O)CC3)nc(-c3ccc4ccc(-c5ccccc5)nc4c3)c12.Nc1nccn2c(C3CCC3)nc(-c3cc4nc(-c5ccccc5)ccc4cc3Cl)c12. The molecule has 0 radical (unpaired) electrons. The van der Waals surface area contributed by atoms with Gasteiger partial charge in [0.2, 0.25) is 0 Å². The average molecular weight is 1400 g/mol. The predicted molar refractivity (Wildman–Crippen MR) is 418 cm³/mol. The molecule has 3 aliphatic rings. The molecule has 0 bridgehead atoms. The number of pyridine rings is 3. The molecule has 2 aliphatic carbocycles. The van der Waals surface area contributed by atoms with Crippen molar-refractivity contribution in [1.29, 1.82) is 0 Å². The van der Waals surface area contributed by atoms with Crippen LogP contribution in [-0.2, 0) is 5.41 Å². The summed E-state index contributed by atoms with van der Waals surface area (Å²) in [5.74, 6) is 4.89. The molecule has 19 heteroatoms. The highest BCUT2D eigenvalue weighted by Crippen LogP contribution is 2.44. The fraction of sp³-hybridized carbons (Fsp3) is 0.174. The zero-order chi connectivity index (χ0) is 71.6. The number of fused-ring (bicyclic) bond motifs is 7. The second kappa shape index (κ2) is 27.0. The van der Waals surface area contributed by atoms with Crippen molar-refractivity contribution in [2.75, 3.05) is 23.7 Å². The van der Waals surface area contributed by atoms with Crippen LogP contribution in [0, 0.1) is 5.92 Å². The highest BCUT2D eigenvalue weighted by molar-refractivity contribution is 6.34. The number of rotatable bonds is 10. The number of anilines is 3. The molecule has 1 aliphatic heterocycles. The Morgan fingerprint density at radius 1 is 0.410 bits per heavy atom. The number of hydrogen-bond acceptors (Lipinski definition) is 14. The van der Waals surface area contributed by atoms with Gasteiger partial charge >= 0.3 is 0 Å². The van der Waals surface area contributed by atoms with Crippen LogP contribution < -0.4 is 17.2 Å². The summed E-state index contributed by atoms with van der Waals surface area (Å²) in [7, 11) is 0. The number of aromatic nitrogens is 12. The molecule has 18 nitrogen and oxygen atoms in total. The summed E-state index contributed by atoms with van der Waals surface area (Å²) in [5.41, 5.74) is 36.3. The number of benzene rings is 7. The molecule has 0 atom stereocenters. The van der Waals surface area contributed by atoms with Gasteiger partial charge in [-0.3, -0.25) is 27.7 Å². The lowest BCUT2D eigenvalue weighted by Crippen LogP contribution is -2.35. The van der Waals surface area contributed by atoms with Gasteiger partial charge in [-0.1, -0.05) is 184 Å². The van der Waals surface area contributed by atoms with Gasteiger partial charge in [0.1, 0.15) is 68.6 Å². The predicted octanol–water partition coefficient (Wildman–Crippen LogP) is 18.4. The molecule has 2 saturated carbocycles. The number of carbonyl (C=O) groups excluding carboxylic acids is 2. The Morgan fingerprint density at radius 3 is 1.30 bits per heavy atom. The van der Waals surface area contributed by atoms with Gasteiger partial charge in [0.25, 0.3) is 11.8 Å². The molecular formula is C86H73ClN16O2. The summed E-state index contributed by atoms with van der Waals surface area (Å²) in [4.78, 5) is 70.3. The minimum absolute atomic E-state index is 0.134. The topological polar surface area (TPSA) is 245 Å². The van der Waals surface area contributed by atoms with Crippen LogP contribution in [0.1, 0.15) is 116 Å². The maximum absolute atomic E-state index is 12.9. The third-order valence-corrected chi connectivity index (χ3v) is 21.0. The van der Waals surface area contributed by atoms with Crippen LogP contribution in [0.3, 0.4) is 0 Å². The zero-order valence-electron chi connectivity index (χ0n) is 58.1. The van der Waals surface area contributed by atoms with Crippen LogP contribution >= 0.6 is 11.6 Å². The lowest BCUT2D eigenvalue weighted by molar-refractivity contribution is 0.0614. The van der Waals surface area contributed by atoms with Crippen molar-refractivity contribution < 1.29 is 9.59 Å². The van der Waals surface area contributed by atoms with Crippen molar-refractivity contribution in [3.05, 3.63) is 271 Å². The summed E-state index contributed by atoms with van der Waals surface area (Å²) in [6, 6.07) is 66.5. The number of amides is 2. The molecule has 0 saturated heterocycles. The lowest BCUT2D eigenvalue weighted by Gasteiger charge is -2.30. The quantitative estimate of drug-likeness (QED) is 0.108. The fourth-order valence-electron chi connectivity index (χ4n) is 15.0. The number of halogens is 1. The largest absolute Gasteiger partial charge is 0.382 e. The van der Waals surface area contributed by atoms with E-state index in [1.54, 1.807) is 42.9 Å². The number of carbonyl (C=O) groups is 2. The molecule has 0 unspecified atom stereocenters. The van der Waals surface area contributed by atoms with Gasteiger partial charge in [-0.25, -0.2) is 44.9 Å². The Morgan fingerprint density at radius 2 is 0.819 bits per heavy atom. The number of nitrogens with zero attached hydrogens (tertiary/aromatic N) is 13. The molecule has 105 heavy (non-hydrogen) atoms. The number of nitrogen functional groups attached to an aromatic ring is 3. The van der Waals surface area contributed by atoms with E-state index in [1.807, 2.05) is 97.5 Å². The van der Waals surface area contributed by atoms with Crippen LogP contribution in [0.4, 0.5) is 17.5 Å². The van der Waals surface area contributed by atoms with Gasteiger partial charge in [-0.05, 0) is 99.0 Å². The summed E-state index contributed by atoms with van der Waals surface area (Å²) in [5, 5.41) is 3.76. The summed E-state index contributed by atoms with van der Waals surface area (Å²) in [6.45, 7) is 6.90. The van der Waals surface area contributed by atoms with Gasteiger partial charge in [0, 0.05) is 111 Å². The molecule has 2 fully saturated rings. The van der Waals surface area contributed by atoms with Crippen LogP contribution in [-0.4, -0.2) is 81.3 Å². The third kappa shape index (κ3) is 12.3. The summed E-state index contributed by atoms with van der Waals surface area (Å²) >= 11 is 6.75. The van der Waals surface area contributed by atoms with Crippen molar-refractivity contribution in [2.45, 2.75) is 83.0 Å². The Balaban J connectivity index is 0.000000119.